The van der Waals surface area contributed by atoms with Gasteiger partial charge in [0.25, 0.3) is 0 Å². The van der Waals surface area contributed by atoms with Gasteiger partial charge in [0.2, 0.25) is 11.9 Å². The first-order valence-corrected chi connectivity index (χ1v) is 6.97. The van der Waals surface area contributed by atoms with E-state index in [-0.39, 0.29) is 5.69 Å². The van der Waals surface area contributed by atoms with E-state index in [0.29, 0.717) is 12.3 Å². The Morgan fingerprint density at radius 1 is 1.00 bits per heavy atom. The molecule has 3 rings (SSSR count). The summed E-state index contributed by atoms with van der Waals surface area (Å²) in [4.78, 5) is 16.2. The van der Waals surface area contributed by atoms with E-state index in [1.807, 2.05) is 59.3 Å². The Morgan fingerprint density at radius 3 is 2.41 bits per heavy atom. The van der Waals surface area contributed by atoms with Crippen LogP contribution in [-0.2, 0) is 6.54 Å². The quantitative estimate of drug-likeness (QED) is 0.421. The highest BCUT2D eigenvalue weighted by molar-refractivity contribution is 5.88. The van der Waals surface area contributed by atoms with Crippen LogP contribution in [0.2, 0.25) is 0 Å². The van der Waals surface area contributed by atoms with E-state index >= 15 is 0 Å². The Kier molecular flexibility index (Phi) is 4.20. The van der Waals surface area contributed by atoms with Gasteiger partial charge in [0.1, 0.15) is 5.75 Å². The topological polar surface area (TPSA) is 43.1 Å². The zero-order valence-electron chi connectivity index (χ0n) is 11.9. The Bertz CT molecular complexity index is 758. The molecule has 0 saturated heterocycles. The maximum atomic E-state index is 12.1. The molecule has 0 radical (unpaired) electrons. The van der Waals surface area contributed by atoms with Gasteiger partial charge >= 0.3 is 5.97 Å². The van der Waals surface area contributed by atoms with E-state index in [2.05, 4.69) is 4.98 Å². The molecule has 3 aromatic rings. The maximum absolute atomic E-state index is 12.1. The summed E-state index contributed by atoms with van der Waals surface area (Å²) < 4.78 is 7.20. The van der Waals surface area contributed by atoms with Crippen LogP contribution in [0.4, 0.5) is 0 Å². The zero-order valence-corrected chi connectivity index (χ0v) is 11.9. The minimum absolute atomic E-state index is 0.280. The van der Waals surface area contributed by atoms with Gasteiger partial charge in [0, 0.05) is 5.56 Å². The lowest BCUT2D eigenvalue weighted by Gasteiger charge is -2.03. The molecule has 0 unspecified atom stereocenters. The summed E-state index contributed by atoms with van der Waals surface area (Å²) in [5.74, 6) is 0.0429. The third kappa shape index (κ3) is 3.55. The van der Waals surface area contributed by atoms with Gasteiger partial charge in [-0.1, -0.05) is 48.5 Å². The van der Waals surface area contributed by atoms with Gasteiger partial charge in [-0.15, -0.1) is 0 Å². The third-order valence-electron chi connectivity index (χ3n) is 3.13. The van der Waals surface area contributed by atoms with Crippen molar-refractivity contribution in [1.82, 2.24) is 4.98 Å². The lowest BCUT2D eigenvalue weighted by atomic mass is 10.2. The Labute approximate surface area is 128 Å². The molecule has 4 nitrogen and oxygen atoms in total. The van der Waals surface area contributed by atoms with Gasteiger partial charge < -0.3 is 4.74 Å². The molecule has 0 saturated carbocycles. The number of rotatable bonds is 4. The highest BCUT2D eigenvalue weighted by atomic mass is 16.5. The summed E-state index contributed by atoms with van der Waals surface area (Å²) in [6.07, 6.45) is 5.12. The Balaban J connectivity index is 1.75. The van der Waals surface area contributed by atoms with Crippen LogP contribution in [0.25, 0.3) is 0 Å². The van der Waals surface area contributed by atoms with Gasteiger partial charge in [-0.05, 0) is 12.1 Å². The first kappa shape index (κ1) is 13.9. The lowest BCUT2D eigenvalue weighted by Crippen LogP contribution is -2.35. The molecule has 0 N–H and O–H groups in total. The number of ether oxygens (including phenoxy) is 1. The number of para-hydroxylation sites is 1. The molecular weight excluding hydrogens is 276 g/mol. The van der Waals surface area contributed by atoms with Gasteiger partial charge in [-0.25, -0.2) is 9.78 Å². The van der Waals surface area contributed by atoms with Crippen molar-refractivity contribution >= 4 is 5.97 Å². The van der Waals surface area contributed by atoms with E-state index in [0.717, 1.165) is 5.56 Å². The monoisotopic (exact) mass is 291 g/mol. The first-order chi connectivity index (χ1) is 10.8. The fraction of sp³-hybridized carbons (Fsp3) is 0.0556. The van der Waals surface area contributed by atoms with Crippen molar-refractivity contribution in [1.29, 1.82) is 0 Å². The number of aromatic nitrogens is 2. The van der Waals surface area contributed by atoms with Gasteiger partial charge in [0.05, 0.1) is 6.20 Å². The molecule has 108 valence electrons. The largest absolute Gasteiger partial charge is 0.422 e. The Hall–Kier alpha value is -3.01. The fourth-order valence-electron chi connectivity index (χ4n) is 2.08. The minimum atomic E-state index is -0.464. The molecule has 0 amide bonds. The van der Waals surface area contributed by atoms with Crippen molar-refractivity contribution in [2.75, 3.05) is 0 Å². The molecule has 0 spiro atoms. The summed E-state index contributed by atoms with van der Waals surface area (Å²) >= 11 is 0. The Morgan fingerprint density at radius 2 is 1.68 bits per heavy atom. The van der Waals surface area contributed by atoms with E-state index < -0.39 is 5.97 Å². The second-order valence-corrected chi connectivity index (χ2v) is 4.80. The predicted octanol–water partition coefficient (Wildman–Crippen LogP) is 2.64. The summed E-state index contributed by atoms with van der Waals surface area (Å²) in [5, 5.41) is 0. The highest BCUT2D eigenvalue weighted by Gasteiger charge is 2.15. The van der Waals surface area contributed by atoms with Crippen molar-refractivity contribution in [3.63, 3.8) is 0 Å². The standard InChI is InChI=1S/C18H15N2O2/c21-18(22-16-9-5-2-6-10-16)17-14-20(12-11-19-17)13-15-7-3-1-4-8-15/h1-12,14H,13H2/q+1. The van der Waals surface area contributed by atoms with Gasteiger partial charge in [-0.3, -0.25) is 0 Å². The first-order valence-electron chi connectivity index (χ1n) is 6.97. The summed E-state index contributed by atoms with van der Waals surface area (Å²) in [5.41, 5.74) is 1.43. The number of hydrogen-bond donors (Lipinski definition) is 0. The molecule has 2 aromatic carbocycles. The SMILES string of the molecule is O=C(Oc1ccccc1)c1c[n+](Cc2ccccc2)ccn1. The van der Waals surface area contributed by atoms with Gasteiger partial charge in [-0.2, -0.15) is 4.57 Å². The molecule has 1 aromatic heterocycles. The fourth-order valence-corrected chi connectivity index (χ4v) is 2.08. The average molecular weight is 291 g/mol. The lowest BCUT2D eigenvalue weighted by molar-refractivity contribution is -0.689. The van der Waals surface area contributed by atoms with Crippen molar-refractivity contribution in [3.05, 3.63) is 90.5 Å². The molecule has 0 aliphatic carbocycles. The van der Waals surface area contributed by atoms with Crippen molar-refractivity contribution in [2.24, 2.45) is 0 Å². The van der Waals surface area contributed by atoms with E-state index in [1.54, 1.807) is 24.5 Å². The normalized spacial score (nSPS) is 10.2. The van der Waals surface area contributed by atoms with Crippen LogP contribution >= 0.6 is 0 Å². The molecule has 0 bridgehead atoms. The van der Waals surface area contributed by atoms with Crippen LogP contribution < -0.4 is 9.30 Å². The zero-order chi connectivity index (χ0) is 15.2. The van der Waals surface area contributed by atoms with E-state index in [9.17, 15) is 4.79 Å². The summed E-state index contributed by atoms with van der Waals surface area (Å²) in [6.45, 7) is 0.676. The molecule has 0 aliphatic heterocycles. The van der Waals surface area contributed by atoms with Crippen molar-refractivity contribution in [2.45, 2.75) is 6.54 Å². The van der Waals surface area contributed by atoms with Crippen LogP contribution in [0, 0.1) is 0 Å². The molecule has 22 heavy (non-hydrogen) atoms. The van der Waals surface area contributed by atoms with Crippen LogP contribution in [0.1, 0.15) is 16.1 Å². The average Bonchev–Trinajstić information content (AvgIpc) is 2.57. The van der Waals surface area contributed by atoms with Gasteiger partial charge in [0.15, 0.2) is 12.7 Å². The van der Waals surface area contributed by atoms with Crippen LogP contribution in [0.3, 0.4) is 0 Å². The molecular formula is C18H15N2O2+. The van der Waals surface area contributed by atoms with E-state index in [4.69, 9.17) is 4.74 Å². The van der Waals surface area contributed by atoms with Crippen molar-refractivity contribution < 1.29 is 14.1 Å². The number of carbonyl (C=O) groups is 1. The third-order valence-corrected chi connectivity index (χ3v) is 3.13. The predicted molar refractivity (Wildman–Crippen MR) is 81.4 cm³/mol. The minimum Gasteiger partial charge on any atom is -0.422 e. The summed E-state index contributed by atoms with van der Waals surface area (Å²) in [6, 6.07) is 19.0. The molecule has 0 fully saturated rings. The molecule has 0 aliphatic rings. The van der Waals surface area contributed by atoms with E-state index in [1.165, 1.54) is 0 Å². The van der Waals surface area contributed by atoms with Crippen LogP contribution in [0.5, 0.6) is 5.75 Å². The molecule has 4 heteroatoms. The second-order valence-electron chi connectivity index (χ2n) is 4.80. The molecule has 1 heterocycles. The van der Waals surface area contributed by atoms with Crippen LogP contribution in [-0.4, -0.2) is 11.0 Å². The molecule has 0 atom stereocenters. The van der Waals surface area contributed by atoms with Crippen LogP contribution in [0.15, 0.2) is 79.3 Å². The maximum Gasteiger partial charge on any atom is 0.368 e. The number of hydrogen-bond acceptors (Lipinski definition) is 3. The van der Waals surface area contributed by atoms with Crippen molar-refractivity contribution in [3.8, 4) is 5.75 Å². The second kappa shape index (κ2) is 6.63. The smallest absolute Gasteiger partial charge is 0.368 e. The number of nitrogens with zero attached hydrogens (tertiary/aromatic N) is 2. The number of carbonyl (C=O) groups excluding carboxylic acids is 1. The summed E-state index contributed by atoms with van der Waals surface area (Å²) in [7, 11) is 0. The highest BCUT2D eigenvalue weighted by Crippen LogP contribution is 2.10. The number of benzene rings is 2. The number of esters is 1.